The molecule has 0 N–H and O–H groups in total. The summed E-state index contributed by atoms with van der Waals surface area (Å²) in [5, 5.41) is 16.4. The summed E-state index contributed by atoms with van der Waals surface area (Å²) in [4.78, 5) is 27.0. The van der Waals surface area contributed by atoms with E-state index in [1.54, 1.807) is 12.1 Å². The molecule has 8 nitrogen and oxygen atoms in total. The van der Waals surface area contributed by atoms with E-state index in [0.29, 0.717) is 17.3 Å². The third kappa shape index (κ3) is 4.48. The Morgan fingerprint density at radius 1 is 1.28 bits per heavy atom. The smallest absolute Gasteiger partial charge is 0.306 e. The van der Waals surface area contributed by atoms with Crippen molar-refractivity contribution in [3.05, 3.63) is 63.3 Å². The highest BCUT2D eigenvalue weighted by Crippen LogP contribution is 2.21. The van der Waals surface area contributed by atoms with Gasteiger partial charge in [-0.15, -0.1) is 11.3 Å². The number of aryl methyl sites for hydroxylation is 1. The largest absolute Gasteiger partial charge is 0.461 e. The number of ether oxygens (including phenoxy) is 1. The number of benzene rings is 1. The van der Waals surface area contributed by atoms with Crippen LogP contribution < -0.4 is 0 Å². The molecule has 0 saturated heterocycles. The molecule has 25 heavy (non-hydrogen) atoms. The van der Waals surface area contributed by atoms with Gasteiger partial charge < -0.3 is 9.26 Å². The van der Waals surface area contributed by atoms with Crippen LogP contribution in [0.3, 0.4) is 0 Å². The molecule has 0 amide bonds. The van der Waals surface area contributed by atoms with Gasteiger partial charge in [-0.3, -0.25) is 14.9 Å². The van der Waals surface area contributed by atoms with Crippen LogP contribution in [0.2, 0.25) is 0 Å². The maximum atomic E-state index is 11.8. The normalized spacial score (nSPS) is 10.6. The summed E-state index contributed by atoms with van der Waals surface area (Å²) in [6.07, 6.45) is 0.399. The van der Waals surface area contributed by atoms with E-state index in [1.807, 2.05) is 17.5 Å². The quantitative estimate of drug-likeness (QED) is 0.361. The van der Waals surface area contributed by atoms with Crippen molar-refractivity contribution >= 4 is 23.0 Å². The first kappa shape index (κ1) is 16.8. The third-order valence-corrected chi connectivity index (χ3v) is 4.17. The zero-order valence-electron chi connectivity index (χ0n) is 13.0. The first-order valence-electron chi connectivity index (χ1n) is 7.37. The highest BCUT2D eigenvalue weighted by Gasteiger charge is 2.12. The number of nitrogens with zero attached hydrogens (tertiary/aromatic N) is 3. The predicted molar refractivity (Wildman–Crippen MR) is 88.8 cm³/mol. The molecule has 3 aromatic rings. The van der Waals surface area contributed by atoms with Crippen LogP contribution in [-0.4, -0.2) is 21.0 Å². The number of carbonyl (C=O) groups excluding carboxylic acids is 1. The topological polar surface area (TPSA) is 108 Å². The monoisotopic (exact) mass is 359 g/mol. The molecule has 0 fully saturated rings. The summed E-state index contributed by atoms with van der Waals surface area (Å²) in [6.45, 7) is 0.0567. The highest BCUT2D eigenvalue weighted by atomic mass is 32.1. The fourth-order valence-electron chi connectivity index (χ4n) is 2.02. The third-order valence-electron chi connectivity index (χ3n) is 3.30. The van der Waals surface area contributed by atoms with Crippen molar-refractivity contribution in [2.24, 2.45) is 0 Å². The summed E-state index contributed by atoms with van der Waals surface area (Å²) in [5.74, 6) is 0.467. The Hall–Kier alpha value is -3.07. The predicted octanol–water partition coefficient (Wildman–Crippen LogP) is 3.38. The fourth-order valence-corrected chi connectivity index (χ4v) is 2.67. The number of carbonyl (C=O) groups is 1. The first-order valence-corrected chi connectivity index (χ1v) is 8.25. The maximum Gasteiger partial charge on any atom is 0.306 e. The Morgan fingerprint density at radius 3 is 2.76 bits per heavy atom. The summed E-state index contributed by atoms with van der Waals surface area (Å²) in [7, 11) is 0. The van der Waals surface area contributed by atoms with Crippen LogP contribution in [0.5, 0.6) is 0 Å². The van der Waals surface area contributed by atoms with E-state index in [2.05, 4.69) is 10.1 Å². The molecular weight excluding hydrogens is 346 g/mol. The van der Waals surface area contributed by atoms with Crippen molar-refractivity contribution in [1.82, 2.24) is 10.1 Å². The van der Waals surface area contributed by atoms with Gasteiger partial charge in [-0.2, -0.15) is 4.98 Å². The van der Waals surface area contributed by atoms with E-state index in [-0.39, 0.29) is 25.1 Å². The van der Waals surface area contributed by atoms with Crippen molar-refractivity contribution in [2.75, 3.05) is 0 Å². The molecule has 128 valence electrons. The Kier molecular flexibility index (Phi) is 5.14. The molecular formula is C16H13N3O5S. The summed E-state index contributed by atoms with van der Waals surface area (Å²) in [5.41, 5.74) is 0.671. The number of thiophene rings is 1. The van der Waals surface area contributed by atoms with Crippen LogP contribution in [0.1, 0.15) is 17.9 Å². The fraction of sp³-hybridized carbons (Fsp3) is 0.188. The summed E-state index contributed by atoms with van der Waals surface area (Å²) >= 11 is 1.50. The van der Waals surface area contributed by atoms with E-state index in [4.69, 9.17) is 9.26 Å². The Bertz CT molecular complexity index is 858. The van der Waals surface area contributed by atoms with Crippen molar-refractivity contribution in [2.45, 2.75) is 19.4 Å². The number of nitro groups is 1. The van der Waals surface area contributed by atoms with Gasteiger partial charge >= 0.3 is 5.97 Å². The molecule has 0 radical (unpaired) electrons. The lowest BCUT2D eigenvalue weighted by atomic mass is 10.2. The maximum absolute atomic E-state index is 11.8. The number of hydrogen-bond acceptors (Lipinski definition) is 8. The van der Waals surface area contributed by atoms with E-state index >= 15 is 0 Å². The number of rotatable bonds is 7. The van der Waals surface area contributed by atoms with E-state index in [9.17, 15) is 14.9 Å². The summed E-state index contributed by atoms with van der Waals surface area (Å²) < 4.78 is 10.2. The van der Waals surface area contributed by atoms with E-state index in [0.717, 1.165) is 4.88 Å². The van der Waals surface area contributed by atoms with Crippen molar-refractivity contribution in [3.8, 4) is 10.7 Å². The van der Waals surface area contributed by atoms with Crippen molar-refractivity contribution in [3.63, 3.8) is 0 Å². The second-order valence-electron chi connectivity index (χ2n) is 5.07. The molecule has 3 rings (SSSR count). The number of esters is 1. The van der Waals surface area contributed by atoms with Crippen LogP contribution in [0.15, 0.2) is 46.3 Å². The minimum atomic E-state index is -0.482. The molecule has 0 saturated carbocycles. The minimum absolute atomic E-state index is 0.00647. The van der Waals surface area contributed by atoms with Crippen LogP contribution >= 0.6 is 11.3 Å². The molecule has 0 aliphatic heterocycles. The van der Waals surface area contributed by atoms with E-state index in [1.165, 1.54) is 23.5 Å². The molecule has 1 aromatic carbocycles. The van der Waals surface area contributed by atoms with Gasteiger partial charge in [0.2, 0.25) is 11.7 Å². The second-order valence-corrected chi connectivity index (χ2v) is 6.02. The van der Waals surface area contributed by atoms with Gasteiger partial charge in [0.1, 0.15) is 6.61 Å². The van der Waals surface area contributed by atoms with Gasteiger partial charge in [-0.05, 0) is 29.1 Å². The average Bonchev–Trinajstić information content (AvgIpc) is 3.29. The van der Waals surface area contributed by atoms with Crippen LogP contribution in [-0.2, 0) is 22.6 Å². The van der Waals surface area contributed by atoms with Gasteiger partial charge in [0.25, 0.3) is 5.69 Å². The van der Waals surface area contributed by atoms with Crippen LogP contribution in [0.25, 0.3) is 10.7 Å². The average molecular weight is 359 g/mol. The Balaban J connectivity index is 1.46. The minimum Gasteiger partial charge on any atom is -0.461 e. The number of aromatic nitrogens is 2. The van der Waals surface area contributed by atoms with Crippen molar-refractivity contribution < 1.29 is 19.0 Å². The first-order chi connectivity index (χ1) is 12.1. The molecule has 9 heteroatoms. The Labute approximate surface area is 146 Å². The second kappa shape index (κ2) is 7.67. The molecule has 0 bridgehead atoms. The highest BCUT2D eigenvalue weighted by molar-refractivity contribution is 7.13. The molecule has 0 spiro atoms. The lowest BCUT2D eigenvalue weighted by molar-refractivity contribution is -0.384. The van der Waals surface area contributed by atoms with Gasteiger partial charge in [-0.25, -0.2) is 0 Å². The molecule has 2 aromatic heterocycles. The zero-order valence-corrected chi connectivity index (χ0v) is 13.8. The molecule has 0 aliphatic carbocycles. The SMILES string of the molecule is O=C(CCc1nc(-c2cccs2)no1)OCc1ccc([N+](=O)[O-])cc1. The number of nitro benzene ring substituents is 1. The molecule has 0 aliphatic rings. The van der Waals surface area contributed by atoms with Crippen molar-refractivity contribution in [1.29, 1.82) is 0 Å². The van der Waals surface area contributed by atoms with Crippen LogP contribution in [0, 0.1) is 10.1 Å². The number of hydrogen-bond donors (Lipinski definition) is 0. The van der Waals surface area contributed by atoms with Gasteiger partial charge in [-0.1, -0.05) is 11.2 Å². The van der Waals surface area contributed by atoms with Gasteiger partial charge in [0.05, 0.1) is 16.2 Å². The van der Waals surface area contributed by atoms with Crippen LogP contribution in [0.4, 0.5) is 5.69 Å². The zero-order chi connectivity index (χ0) is 17.6. The Morgan fingerprint density at radius 2 is 2.08 bits per heavy atom. The standard InChI is InChI=1S/C16H13N3O5S/c20-15(23-10-11-3-5-12(6-4-11)19(21)22)8-7-14-17-16(18-24-14)13-2-1-9-25-13/h1-6,9H,7-8,10H2. The van der Waals surface area contributed by atoms with Gasteiger partial charge in [0, 0.05) is 18.6 Å². The summed E-state index contributed by atoms with van der Waals surface area (Å²) in [6, 6.07) is 9.62. The lowest BCUT2D eigenvalue weighted by Gasteiger charge is -2.03. The molecule has 2 heterocycles. The van der Waals surface area contributed by atoms with E-state index < -0.39 is 10.9 Å². The lowest BCUT2D eigenvalue weighted by Crippen LogP contribution is -2.06. The molecule has 0 unspecified atom stereocenters. The molecule has 0 atom stereocenters. The van der Waals surface area contributed by atoms with Gasteiger partial charge in [0.15, 0.2) is 0 Å². The number of non-ortho nitro benzene ring substituents is 1.